The third-order valence-corrected chi connectivity index (χ3v) is 6.34. The van der Waals surface area contributed by atoms with E-state index in [9.17, 15) is 13.6 Å². The number of methoxy groups -OCH3 is 1. The number of rotatable bonds is 9. The molecule has 1 aliphatic rings. The van der Waals surface area contributed by atoms with Gasteiger partial charge in [0.25, 0.3) is 0 Å². The number of halogens is 2. The molecule has 0 saturated heterocycles. The predicted octanol–water partition coefficient (Wildman–Crippen LogP) is 5.13. The third kappa shape index (κ3) is 4.93. The molecule has 1 heterocycles. The van der Waals surface area contributed by atoms with E-state index in [4.69, 9.17) is 9.84 Å². The van der Waals surface area contributed by atoms with Crippen molar-refractivity contribution in [1.29, 1.82) is 0 Å². The molecule has 3 rings (SSSR count). The first-order valence-corrected chi connectivity index (χ1v) is 11.4. The van der Waals surface area contributed by atoms with Gasteiger partial charge < -0.3 is 10.1 Å². The van der Waals surface area contributed by atoms with E-state index < -0.39 is 17.2 Å². The maximum absolute atomic E-state index is 14.9. The summed E-state index contributed by atoms with van der Waals surface area (Å²) in [5, 5.41) is 9.53. The highest BCUT2D eigenvalue weighted by molar-refractivity contribution is 6.10. The van der Waals surface area contributed by atoms with Crippen molar-refractivity contribution in [1.82, 2.24) is 5.32 Å². The molecule has 2 aromatic carbocycles. The van der Waals surface area contributed by atoms with Crippen molar-refractivity contribution in [3.05, 3.63) is 64.7 Å². The van der Waals surface area contributed by atoms with Gasteiger partial charge >= 0.3 is 0 Å². The van der Waals surface area contributed by atoms with Gasteiger partial charge in [0.15, 0.2) is 0 Å². The van der Waals surface area contributed by atoms with Crippen molar-refractivity contribution in [3.8, 4) is 0 Å². The number of anilines is 1. The van der Waals surface area contributed by atoms with Crippen LogP contribution in [0, 0.1) is 31.4 Å². The summed E-state index contributed by atoms with van der Waals surface area (Å²) in [4.78, 5) is 13.7. The average molecular weight is 458 g/mol. The number of ether oxygens (including phenoxy) is 1. The van der Waals surface area contributed by atoms with Gasteiger partial charge in [0.05, 0.1) is 18.0 Å². The fraction of sp³-hybridized carbons (Fsp3) is 0.462. The molecule has 0 spiro atoms. The van der Waals surface area contributed by atoms with E-state index in [2.05, 4.69) is 12.2 Å². The molecule has 0 aliphatic carbocycles. The number of hydrazone groups is 1. The van der Waals surface area contributed by atoms with Crippen LogP contribution in [-0.4, -0.2) is 37.4 Å². The molecule has 2 aromatic rings. The molecular formula is C26H33F2N3O2. The molecule has 1 amide bonds. The van der Waals surface area contributed by atoms with Crippen molar-refractivity contribution in [2.75, 3.05) is 25.3 Å². The van der Waals surface area contributed by atoms with Crippen LogP contribution in [0.2, 0.25) is 0 Å². The molecule has 33 heavy (non-hydrogen) atoms. The van der Waals surface area contributed by atoms with Crippen LogP contribution < -0.4 is 10.3 Å². The molecule has 2 unspecified atom stereocenters. The Morgan fingerprint density at radius 2 is 1.97 bits per heavy atom. The summed E-state index contributed by atoms with van der Waals surface area (Å²) < 4.78 is 33.7. The van der Waals surface area contributed by atoms with Crippen LogP contribution >= 0.6 is 0 Å². The van der Waals surface area contributed by atoms with Gasteiger partial charge in [-0.05, 0) is 51.0 Å². The Kier molecular flexibility index (Phi) is 7.84. The SMILES string of the molecule is CCCCC1C(c2ccc(F)cc2F)=NN(c2ccc(C)cc2C)C1(C)C(=O)NCCOC. The second kappa shape index (κ2) is 10.4. The van der Waals surface area contributed by atoms with E-state index in [0.717, 1.165) is 35.7 Å². The first-order valence-electron chi connectivity index (χ1n) is 11.4. The minimum Gasteiger partial charge on any atom is -0.383 e. The maximum atomic E-state index is 14.9. The fourth-order valence-electron chi connectivity index (χ4n) is 4.51. The molecular weight excluding hydrogens is 424 g/mol. The molecule has 0 aromatic heterocycles. The largest absolute Gasteiger partial charge is 0.383 e. The fourth-order valence-corrected chi connectivity index (χ4v) is 4.51. The topological polar surface area (TPSA) is 53.9 Å². The van der Waals surface area contributed by atoms with Gasteiger partial charge in [0.2, 0.25) is 5.91 Å². The summed E-state index contributed by atoms with van der Waals surface area (Å²) in [7, 11) is 1.58. The summed E-state index contributed by atoms with van der Waals surface area (Å²) in [6.07, 6.45) is 2.40. The van der Waals surface area contributed by atoms with Crippen molar-refractivity contribution >= 4 is 17.3 Å². The van der Waals surface area contributed by atoms with E-state index in [1.807, 2.05) is 39.0 Å². The number of nitrogens with one attached hydrogen (secondary N) is 1. The highest BCUT2D eigenvalue weighted by Gasteiger charge is 2.54. The predicted molar refractivity (Wildman–Crippen MR) is 128 cm³/mol. The summed E-state index contributed by atoms with van der Waals surface area (Å²) in [5.74, 6) is -1.92. The molecule has 0 radical (unpaired) electrons. The van der Waals surface area contributed by atoms with E-state index in [1.54, 1.807) is 12.1 Å². The van der Waals surface area contributed by atoms with Gasteiger partial charge in [-0.15, -0.1) is 0 Å². The van der Waals surface area contributed by atoms with Crippen molar-refractivity contribution < 1.29 is 18.3 Å². The highest BCUT2D eigenvalue weighted by atomic mass is 19.1. The summed E-state index contributed by atoms with van der Waals surface area (Å²) in [6.45, 7) is 8.63. The van der Waals surface area contributed by atoms with Crippen LogP contribution in [0.1, 0.15) is 49.8 Å². The van der Waals surface area contributed by atoms with E-state index in [0.29, 0.717) is 25.3 Å². The Hall–Kier alpha value is -2.80. The van der Waals surface area contributed by atoms with Gasteiger partial charge in [0.1, 0.15) is 17.2 Å². The number of carbonyl (C=O) groups excluding carboxylic acids is 1. The Labute approximate surface area is 194 Å². The second-order valence-corrected chi connectivity index (χ2v) is 8.80. The lowest BCUT2D eigenvalue weighted by Crippen LogP contribution is -2.58. The molecule has 5 nitrogen and oxygen atoms in total. The quantitative estimate of drug-likeness (QED) is 0.531. The number of aryl methyl sites for hydroxylation is 2. The Morgan fingerprint density at radius 1 is 1.21 bits per heavy atom. The maximum Gasteiger partial charge on any atom is 0.248 e. The van der Waals surface area contributed by atoms with E-state index >= 15 is 0 Å². The molecule has 1 aliphatic heterocycles. The van der Waals surface area contributed by atoms with Crippen molar-refractivity contribution in [2.45, 2.75) is 52.5 Å². The Morgan fingerprint density at radius 3 is 2.61 bits per heavy atom. The zero-order valence-corrected chi connectivity index (χ0v) is 20.0. The van der Waals surface area contributed by atoms with Crippen molar-refractivity contribution in [3.63, 3.8) is 0 Å². The standard InChI is InChI=1S/C26H33F2N3O2/c1-6-7-8-21-24(20-11-10-19(27)16-22(20)28)30-31(23-12-9-17(2)15-18(23)3)26(21,4)25(32)29-13-14-33-5/h9-12,15-16,21H,6-8,13-14H2,1-5H3,(H,29,32). The monoisotopic (exact) mass is 457 g/mol. The number of hydrogen-bond donors (Lipinski definition) is 1. The summed E-state index contributed by atoms with van der Waals surface area (Å²) >= 11 is 0. The van der Waals surface area contributed by atoms with E-state index in [-0.39, 0.29) is 17.4 Å². The second-order valence-electron chi connectivity index (χ2n) is 8.80. The van der Waals surface area contributed by atoms with Crippen LogP contribution in [0.5, 0.6) is 0 Å². The third-order valence-electron chi connectivity index (χ3n) is 6.34. The number of unbranched alkanes of at least 4 members (excludes halogenated alkanes) is 1. The Bertz CT molecular complexity index is 1040. The lowest BCUT2D eigenvalue weighted by Gasteiger charge is -2.38. The first-order chi connectivity index (χ1) is 15.7. The summed E-state index contributed by atoms with van der Waals surface area (Å²) in [5.41, 5.74) is 2.43. The van der Waals surface area contributed by atoms with Gasteiger partial charge in [-0.2, -0.15) is 5.10 Å². The van der Waals surface area contributed by atoms with Crippen LogP contribution in [0.3, 0.4) is 0 Å². The molecule has 0 bridgehead atoms. The van der Waals surface area contributed by atoms with Gasteiger partial charge in [0, 0.05) is 31.2 Å². The molecule has 0 saturated carbocycles. The smallest absolute Gasteiger partial charge is 0.248 e. The molecule has 1 N–H and O–H groups in total. The zero-order valence-electron chi connectivity index (χ0n) is 20.0. The van der Waals surface area contributed by atoms with Crippen LogP contribution in [0.15, 0.2) is 41.5 Å². The summed E-state index contributed by atoms with van der Waals surface area (Å²) in [6, 6.07) is 9.45. The minimum atomic E-state index is -1.10. The van der Waals surface area contributed by atoms with Crippen LogP contribution in [0.25, 0.3) is 0 Å². The Balaban J connectivity index is 2.18. The molecule has 0 fully saturated rings. The zero-order chi connectivity index (χ0) is 24.2. The van der Waals surface area contributed by atoms with Gasteiger partial charge in [-0.25, -0.2) is 13.8 Å². The van der Waals surface area contributed by atoms with E-state index in [1.165, 1.54) is 12.1 Å². The molecule has 2 atom stereocenters. The van der Waals surface area contributed by atoms with Gasteiger partial charge in [-0.3, -0.25) is 4.79 Å². The minimum absolute atomic E-state index is 0.207. The molecule has 7 heteroatoms. The number of hydrogen-bond acceptors (Lipinski definition) is 4. The first kappa shape index (κ1) is 24.8. The molecule has 178 valence electrons. The average Bonchev–Trinajstić information content (AvgIpc) is 3.05. The lowest BCUT2D eigenvalue weighted by molar-refractivity contribution is -0.127. The van der Waals surface area contributed by atoms with Crippen LogP contribution in [-0.2, 0) is 9.53 Å². The lowest BCUT2D eigenvalue weighted by atomic mass is 9.76. The number of carbonyl (C=O) groups is 1. The van der Waals surface area contributed by atoms with Gasteiger partial charge in [-0.1, -0.05) is 37.5 Å². The number of amides is 1. The number of nitrogens with zero attached hydrogens (tertiary/aromatic N) is 2. The normalized spacial score (nSPS) is 20.2. The highest BCUT2D eigenvalue weighted by Crippen LogP contribution is 2.43. The van der Waals surface area contributed by atoms with Crippen LogP contribution in [0.4, 0.5) is 14.5 Å². The van der Waals surface area contributed by atoms with Crippen molar-refractivity contribution in [2.24, 2.45) is 11.0 Å². The number of benzene rings is 2.